The van der Waals surface area contributed by atoms with Crippen molar-refractivity contribution in [1.29, 1.82) is 0 Å². The van der Waals surface area contributed by atoms with Crippen LogP contribution in [0.25, 0.3) is 11.3 Å². The van der Waals surface area contributed by atoms with Crippen LogP contribution in [0.15, 0.2) is 53.1 Å². The van der Waals surface area contributed by atoms with Crippen molar-refractivity contribution < 1.29 is 18.7 Å². The van der Waals surface area contributed by atoms with Gasteiger partial charge < -0.3 is 19.2 Å². The van der Waals surface area contributed by atoms with Gasteiger partial charge in [-0.15, -0.1) is 0 Å². The number of aryl methyl sites for hydroxylation is 1. The first kappa shape index (κ1) is 18.8. The molecule has 1 N–H and O–H groups in total. The monoisotopic (exact) mass is 386 g/mol. The van der Waals surface area contributed by atoms with Crippen molar-refractivity contribution in [3.63, 3.8) is 0 Å². The van der Waals surface area contributed by atoms with E-state index in [1.54, 1.807) is 12.3 Å². The number of nitrogens with zero attached hydrogens (tertiary/aromatic N) is 1. The van der Waals surface area contributed by atoms with E-state index < -0.39 is 5.97 Å². The van der Waals surface area contributed by atoms with Gasteiger partial charge >= 0.3 is 5.97 Å². The number of nitrogens with one attached hydrogen (secondary N) is 1. The fourth-order valence-electron chi connectivity index (χ4n) is 2.46. The molecule has 140 valence electrons. The summed E-state index contributed by atoms with van der Waals surface area (Å²) in [5, 5.41) is 3.93. The maximum atomic E-state index is 11.1. The van der Waals surface area contributed by atoms with Crippen LogP contribution in [0, 0.1) is 6.92 Å². The van der Waals surface area contributed by atoms with Crippen LogP contribution in [0.5, 0.6) is 5.75 Å². The lowest BCUT2D eigenvalue weighted by atomic mass is 10.2. The Morgan fingerprint density at radius 2 is 2.11 bits per heavy atom. The number of hydrogen-bond donors (Lipinski definition) is 1. The quantitative estimate of drug-likeness (QED) is 0.604. The Hall–Kier alpha value is -2.99. The number of halogens is 1. The highest BCUT2D eigenvalue weighted by atomic mass is 35.5. The van der Waals surface area contributed by atoms with Crippen molar-refractivity contribution in [2.24, 2.45) is 0 Å². The predicted octanol–water partition coefficient (Wildman–Crippen LogP) is 4.47. The highest BCUT2D eigenvalue weighted by Crippen LogP contribution is 2.25. The lowest BCUT2D eigenvalue weighted by molar-refractivity contribution is -0.142. The molecule has 3 aromatic rings. The van der Waals surface area contributed by atoms with Gasteiger partial charge in [0.1, 0.15) is 5.75 Å². The van der Waals surface area contributed by atoms with E-state index in [1.807, 2.05) is 43.3 Å². The molecule has 0 saturated heterocycles. The van der Waals surface area contributed by atoms with Crippen molar-refractivity contribution in [2.45, 2.75) is 13.5 Å². The smallest absolute Gasteiger partial charge is 0.343 e. The second-order valence-corrected chi connectivity index (χ2v) is 6.26. The topological polar surface area (TPSA) is 73.6 Å². The van der Waals surface area contributed by atoms with Crippen molar-refractivity contribution in [2.75, 3.05) is 19.0 Å². The minimum atomic E-state index is -0.422. The molecule has 1 aromatic heterocycles. The fraction of sp³-hybridized carbons (Fsp3) is 0.200. The van der Waals surface area contributed by atoms with Gasteiger partial charge in [0.2, 0.25) is 5.89 Å². The van der Waals surface area contributed by atoms with E-state index in [-0.39, 0.29) is 6.61 Å². The largest absolute Gasteiger partial charge is 0.482 e. The second-order valence-electron chi connectivity index (χ2n) is 5.82. The number of hydrogen-bond acceptors (Lipinski definition) is 6. The summed E-state index contributed by atoms with van der Waals surface area (Å²) in [6, 6.07) is 12.9. The summed E-state index contributed by atoms with van der Waals surface area (Å²) in [6.45, 7) is 2.26. The van der Waals surface area contributed by atoms with Crippen molar-refractivity contribution >= 4 is 23.3 Å². The molecule has 1 heterocycles. The van der Waals surface area contributed by atoms with Crippen LogP contribution in [-0.4, -0.2) is 24.7 Å². The van der Waals surface area contributed by atoms with Gasteiger partial charge in [-0.1, -0.05) is 23.7 Å². The van der Waals surface area contributed by atoms with Gasteiger partial charge in [-0.2, -0.15) is 0 Å². The highest BCUT2D eigenvalue weighted by Gasteiger charge is 2.08. The molecule has 0 fully saturated rings. The first-order chi connectivity index (χ1) is 13.0. The van der Waals surface area contributed by atoms with E-state index in [0.717, 1.165) is 16.8 Å². The predicted molar refractivity (Wildman–Crippen MR) is 103 cm³/mol. The molecule has 0 aliphatic carbocycles. The molecule has 6 nitrogen and oxygen atoms in total. The number of esters is 1. The third-order valence-electron chi connectivity index (χ3n) is 3.87. The maximum Gasteiger partial charge on any atom is 0.343 e. The van der Waals surface area contributed by atoms with Gasteiger partial charge in [0.05, 0.1) is 19.9 Å². The Bertz CT molecular complexity index is 939. The van der Waals surface area contributed by atoms with Crippen LogP contribution in [0.3, 0.4) is 0 Å². The van der Waals surface area contributed by atoms with E-state index in [1.165, 1.54) is 7.11 Å². The summed E-state index contributed by atoms with van der Waals surface area (Å²) in [5.74, 6) is 1.41. The summed E-state index contributed by atoms with van der Waals surface area (Å²) in [6.07, 6.45) is 1.68. The number of benzene rings is 2. The maximum absolute atomic E-state index is 11.1. The fourth-order valence-corrected chi connectivity index (χ4v) is 2.65. The summed E-state index contributed by atoms with van der Waals surface area (Å²) in [7, 11) is 1.32. The highest BCUT2D eigenvalue weighted by molar-refractivity contribution is 6.30. The molecule has 0 aliphatic rings. The van der Waals surface area contributed by atoms with E-state index in [9.17, 15) is 4.79 Å². The molecule has 0 unspecified atom stereocenters. The Morgan fingerprint density at radius 1 is 1.26 bits per heavy atom. The molecule has 0 atom stereocenters. The SMILES string of the molecule is COC(=O)COc1ccc(NCc2ncc(-c3cccc(Cl)c3)o2)c(C)c1. The molecule has 7 heteroatoms. The number of ether oxygens (including phenoxy) is 2. The third-order valence-corrected chi connectivity index (χ3v) is 4.11. The molecule has 3 rings (SSSR count). The molecule has 0 bridgehead atoms. The molecule has 0 radical (unpaired) electrons. The zero-order valence-corrected chi connectivity index (χ0v) is 15.7. The van der Waals surface area contributed by atoms with Crippen molar-refractivity contribution in [1.82, 2.24) is 4.98 Å². The number of methoxy groups -OCH3 is 1. The molecular formula is C20H19ClN2O4. The average Bonchev–Trinajstić information content (AvgIpc) is 3.14. The molecule has 0 aliphatic heterocycles. The van der Waals surface area contributed by atoms with Crippen LogP contribution in [0.2, 0.25) is 5.02 Å². The number of rotatable bonds is 7. The van der Waals surface area contributed by atoms with Gasteiger partial charge in [-0.25, -0.2) is 9.78 Å². The molecule has 0 saturated carbocycles. The van der Waals surface area contributed by atoms with Crippen LogP contribution in [0.1, 0.15) is 11.5 Å². The Labute approximate surface area is 162 Å². The second kappa shape index (κ2) is 8.60. The van der Waals surface area contributed by atoms with Gasteiger partial charge in [-0.05, 0) is 42.8 Å². The van der Waals surface area contributed by atoms with Gasteiger partial charge in [-0.3, -0.25) is 0 Å². The number of oxazole rings is 1. The van der Waals surface area contributed by atoms with Gasteiger partial charge in [0.15, 0.2) is 12.4 Å². The van der Waals surface area contributed by atoms with Crippen molar-refractivity contribution in [3.05, 3.63) is 65.1 Å². The summed E-state index contributed by atoms with van der Waals surface area (Å²) in [5.41, 5.74) is 2.77. The molecule has 2 aromatic carbocycles. The third kappa shape index (κ3) is 5.01. The summed E-state index contributed by atoms with van der Waals surface area (Å²) in [4.78, 5) is 15.4. The normalized spacial score (nSPS) is 10.5. The molecule has 27 heavy (non-hydrogen) atoms. The molecule has 0 spiro atoms. The number of aromatic nitrogens is 1. The number of carbonyl (C=O) groups excluding carboxylic acids is 1. The van der Waals surface area contributed by atoms with Crippen LogP contribution < -0.4 is 10.1 Å². The van der Waals surface area contributed by atoms with E-state index in [2.05, 4.69) is 15.0 Å². The Morgan fingerprint density at radius 3 is 2.85 bits per heavy atom. The summed E-state index contributed by atoms with van der Waals surface area (Å²) >= 11 is 6.01. The first-order valence-electron chi connectivity index (χ1n) is 8.30. The lowest BCUT2D eigenvalue weighted by Crippen LogP contribution is -2.12. The Balaban J connectivity index is 1.61. The van der Waals surface area contributed by atoms with E-state index in [0.29, 0.717) is 29.0 Å². The summed E-state index contributed by atoms with van der Waals surface area (Å²) < 4.78 is 15.7. The molecular weight excluding hydrogens is 368 g/mol. The van der Waals surface area contributed by atoms with Crippen LogP contribution >= 0.6 is 11.6 Å². The van der Waals surface area contributed by atoms with E-state index in [4.69, 9.17) is 20.8 Å². The van der Waals surface area contributed by atoms with E-state index >= 15 is 0 Å². The Kier molecular flexibility index (Phi) is 5.98. The zero-order valence-electron chi connectivity index (χ0n) is 15.0. The lowest BCUT2D eigenvalue weighted by Gasteiger charge is -2.10. The minimum Gasteiger partial charge on any atom is -0.482 e. The standard InChI is InChI=1S/C20H19ClN2O4/c1-13-8-16(26-12-20(24)25-2)6-7-17(13)22-11-19-23-10-18(27-19)14-4-3-5-15(21)9-14/h3-10,22H,11-12H2,1-2H3. The van der Waals surface area contributed by atoms with Gasteiger partial charge in [0.25, 0.3) is 0 Å². The molecule has 0 amide bonds. The van der Waals surface area contributed by atoms with Gasteiger partial charge in [0, 0.05) is 16.3 Å². The number of anilines is 1. The first-order valence-corrected chi connectivity index (χ1v) is 8.68. The number of carbonyl (C=O) groups is 1. The zero-order chi connectivity index (χ0) is 19.2. The van der Waals surface area contributed by atoms with Crippen molar-refractivity contribution in [3.8, 4) is 17.1 Å². The van der Waals surface area contributed by atoms with Crippen LogP contribution in [0.4, 0.5) is 5.69 Å². The minimum absolute atomic E-state index is 0.120. The van der Waals surface area contributed by atoms with Crippen LogP contribution in [-0.2, 0) is 16.1 Å². The average molecular weight is 387 g/mol.